The van der Waals surface area contributed by atoms with Crippen LogP contribution in [0.3, 0.4) is 0 Å². The summed E-state index contributed by atoms with van der Waals surface area (Å²) in [6, 6.07) is 3.42. The Bertz CT molecular complexity index is 518. The minimum absolute atomic E-state index is 0.364. The van der Waals surface area contributed by atoms with Gasteiger partial charge in [-0.2, -0.15) is 13.2 Å². The van der Waals surface area contributed by atoms with Crippen molar-refractivity contribution in [2.45, 2.75) is 6.18 Å². The third kappa shape index (κ3) is 2.22. The number of nitrogens with zero attached hydrogens (tertiary/aromatic N) is 1. The maximum Gasteiger partial charge on any atom is 0.449 e. The molecular formula is C8H3F3I2N2. The van der Waals surface area contributed by atoms with Crippen LogP contribution in [0.15, 0.2) is 12.1 Å². The molecule has 15 heavy (non-hydrogen) atoms. The van der Waals surface area contributed by atoms with Crippen LogP contribution in [0, 0.1) is 7.14 Å². The first-order chi connectivity index (χ1) is 6.88. The molecule has 1 heterocycles. The molecule has 0 spiro atoms. The van der Waals surface area contributed by atoms with E-state index in [2.05, 4.69) is 9.97 Å². The van der Waals surface area contributed by atoms with Gasteiger partial charge in [0.25, 0.3) is 0 Å². The van der Waals surface area contributed by atoms with Gasteiger partial charge < -0.3 is 4.98 Å². The number of H-pyrrole nitrogens is 1. The van der Waals surface area contributed by atoms with E-state index in [1.54, 1.807) is 12.1 Å². The Morgan fingerprint density at radius 3 is 2.47 bits per heavy atom. The first kappa shape index (κ1) is 11.4. The average Bonchev–Trinajstić information content (AvgIpc) is 2.46. The quantitative estimate of drug-likeness (QED) is 0.624. The highest BCUT2D eigenvalue weighted by atomic mass is 127. The van der Waals surface area contributed by atoms with Crippen molar-refractivity contribution in [2.24, 2.45) is 0 Å². The second-order valence-electron chi connectivity index (χ2n) is 2.87. The number of imidazole rings is 1. The van der Waals surface area contributed by atoms with Gasteiger partial charge in [0.15, 0.2) is 0 Å². The van der Waals surface area contributed by atoms with E-state index in [0.717, 1.165) is 3.57 Å². The van der Waals surface area contributed by atoms with Gasteiger partial charge in [0, 0.05) is 7.14 Å². The molecule has 1 aromatic heterocycles. The highest BCUT2D eigenvalue weighted by molar-refractivity contribution is 14.1. The fourth-order valence-corrected chi connectivity index (χ4v) is 3.14. The Hall–Kier alpha value is -0.0600. The molecule has 0 radical (unpaired) electrons. The monoisotopic (exact) mass is 438 g/mol. The number of hydrogen-bond donors (Lipinski definition) is 1. The molecule has 2 aromatic rings. The van der Waals surface area contributed by atoms with Crippen LogP contribution in [0.25, 0.3) is 11.0 Å². The van der Waals surface area contributed by atoms with Crippen molar-refractivity contribution in [1.29, 1.82) is 0 Å². The molecule has 0 aliphatic heterocycles. The fraction of sp³-hybridized carbons (Fsp3) is 0.125. The Morgan fingerprint density at radius 2 is 1.87 bits per heavy atom. The van der Waals surface area contributed by atoms with Crippen LogP contribution in [0.1, 0.15) is 5.82 Å². The van der Waals surface area contributed by atoms with Crippen LogP contribution in [0.4, 0.5) is 13.2 Å². The maximum absolute atomic E-state index is 12.4. The molecule has 0 saturated carbocycles. The number of nitrogens with one attached hydrogen (secondary N) is 1. The molecular weight excluding hydrogens is 435 g/mol. The maximum atomic E-state index is 12.4. The van der Waals surface area contributed by atoms with Crippen LogP contribution in [0.2, 0.25) is 0 Å². The molecule has 0 unspecified atom stereocenters. The minimum Gasteiger partial charge on any atom is -0.334 e. The number of aromatic amines is 1. The lowest BCUT2D eigenvalue weighted by atomic mass is 10.3. The normalized spacial score (nSPS) is 12.3. The SMILES string of the molecule is FC(F)(F)c1nc2c(I)cc(I)cc2[nH]1. The summed E-state index contributed by atoms with van der Waals surface area (Å²) in [5, 5.41) is 0. The summed E-state index contributed by atoms with van der Waals surface area (Å²) < 4.78 is 38.7. The molecule has 2 nitrogen and oxygen atoms in total. The Labute approximate surface area is 110 Å². The van der Waals surface area contributed by atoms with Gasteiger partial charge >= 0.3 is 6.18 Å². The number of alkyl halides is 3. The van der Waals surface area contributed by atoms with Crippen LogP contribution in [-0.2, 0) is 6.18 Å². The lowest BCUT2D eigenvalue weighted by molar-refractivity contribution is -0.144. The van der Waals surface area contributed by atoms with Gasteiger partial charge in [-0.3, -0.25) is 0 Å². The number of fused-ring (bicyclic) bond motifs is 1. The third-order valence-corrected chi connectivity index (χ3v) is 3.22. The topological polar surface area (TPSA) is 28.7 Å². The molecule has 0 amide bonds. The van der Waals surface area contributed by atoms with Gasteiger partial charge in [0.1, 0.15) is 5.52 Å². The summed E-state index contributed by atoms with van der Waals surface area (Å²) >= 11 is 4.02. The van der Waals surface area contributed by atoms with E-state index in [9.17, 15) is 13.2 Å². The van der Waals surface area contributed by atoms with Crippen molar-refractivity contribution in [3.05, 3.63) is 25.1 Å². The van der Waals surface area contributed by atoms with Crippen molar-refractivity contribution >= 4 is 56.2 Å². The standard InChI is InChI=1S/C8H3F3I2N2/c9-8(10,11)7-14-5-2-3(12)1-4(13)6(5)15-7/h1-2H,(H,14,15). The molecule has 0 aliphatic rings. The van der Waals surface area contributed by atoms with E-state index in [4.69, 9.17) is 0 Å². The Morgan fingerprint density at radius 1 is 1.20 bits per heavy atom. The van der Waals surface area contributed by atoms with Gasteiger partial charge in [-0.25, -0.2) is 4.98 Å². The first-order valence-corrected chi connectivity index (χ1v) is 5.95. The zero-order chi connectivity index (χ0) is 11.2. The van der Waals surface area contributed by atoms with Gasteiger partial charge in [-0.05, 0) is 57.3 Å². The molecule has 2 rings (SSSR count). The highest BCUT2D eigenvalue weighted by Gasteiger charge is 2.34. The van der Waals surface area contributed by atoms with Crippen LogP contribution >= 0.6 is 45.2 Å². The number of rotatable bonds is 0. The predicted octanol–water partition coefficient (Wildman–Crippen LogP) is 3.79. The molecule has 0 atom stereocenters. The van der Waals surface area contributed by atoms with E-state index in [1.165, 1.54) is 0 Å². The van der Waals surface area contributed by atoms with Crippen LogP contribution < -0.4 is 0 Å². The van der Waals surface area contributed by atoms with Crippen molar-refractivity contribution < 1.29 is 13.2 Å². The van der Waals surface area contributed by atoms with Gasteiger partial charge in [0.05, 0.1) is 5.52 Å². The highest BCUT2D eigenvalue weighted by Crippen LogP contribution is 2.30. The van der Waals surface area contributed by atoms with Crippen LogP contribution in [0.5, 0.6) is 0 Å². The fourth-order valence-electron chi connectivity index (χ4n) is 1.18. The molecule has 7 heteroatoms. The van der Waals surface area contributed by atoms with Crippen LogP contribution in [-0.4, -0.2) is 9.97 Å². The van der Waals surface area contributed by atoms with E-state index in [0.29, 0.717) is 14.6 Å². The van der Waals surface area contributed by atoms with Gasteiger partial charge in [-0.15, -0.1) is 0 Å². The summed E-state index contributed by atoms with van der Waals surface area (Å²) in [6.07, 6.45) is -4.42. The second-order valence-corrected chi connectivity index (χ2v) is 5.27. The first-order valence-electron chi connectivity index (χ1n) is 3.80. The number of benzene rings is 1. The van der Waals surface area contributed by atoms with E-state index in [-0.39, 0.29) is 0 Å². The van der Waals surface area contributed by atoms with Crippen molar-refractivity contribution in [3.8, 4) is 0 Å². The van der Waals surface area contributed by atoms with Gasteiger partial charge in [0.2, 0.25) is 5.82 Å². The summed E-state index contributed by atoms with van der Waals surface area (Å²) in [5.41, 5.74) is 0.780. The molecule has 0 bridgehead atoms. The predicted molar refractivity (Wildman–Crippen MR) is 66.5 cm³/mol. The van der Waals surface area contributed by atoms with E-state index in [1.807, 2.05) is 45.2 Å². The van der Waals surface area contributed by atoms with Crippen molar-refractivity contribution in [2.75, 3.05) is 0 Å². The second kappa shape index (κ2) is 3.75. The Kier molecular flexibility index (Phi) is 2.86. The molecule has 0 aliphatic carbocycles. The molecule has 1 N–H and O–H groups in total. The summed E-state index contributed by atoms with van der Waals surface area (Å²) in [5.74, 6) is -0.947. The smallest absolute Gasteiger partial charge is 0.334 e. The Balaban J connectivity index is 2.71. The van der Waals surface area contributed by atoms with Gasteiger partial charge in [-0.1, -0.05) is 0 Å². The summed E-state index contributed by atoms with van der Waals surface area (Å²) in [6.45, 7) is 0. The van der Waals surface area contributed by atoms with E-state index < -0.39 is 12.0 Å². The molecule has 80 valence electrons. The zero-order valence-corrected chi connectivity index (χ0v) is 11.3. The zero-order valence-electron chi connectivity index (χ0n) is 6.99. The number of aromatic nitrogens is 2. The largest absolute Gasteiger partial charge is 0.449 e. The lowest BCUT2D eigenvalue weighted by Gasteiger charge is -1.98. The number of hydrogen-bond acceptors (Lipinski definition) is 1. The molecule has 0 saturated heterocycles. The number of halogens is 5. The molecule has 0 fully saturated rings. The van der Waals surface area contributed by atoms with E-state index >= 15 is 0 Å². The molecule has 1 aromatic carbocycles. The summed E-state index contributed by atoms with van der Waals surface area (Å²) in [7, 11) is 0. The lowest BCUT2D eigenvalue weighted by Crippen LogP contribution is -2.06. The third-order valence-electron chi connectivity index (χ3n) is 1.77. The van der Waals surface area contributed by atoms with Crippen molar-refractivity contribution in [3.63, 3.8) is 0 Å². The minimum atomic E-state index is -4.42. The van der Waals surface area contributed by atoms with Crippen molar-refractivity contribution in [1.82, 2.24) is 9.97 Å². The average molecular weight is 438 g/mol. The summed E-state index contributed by atoms with van der Waals surface area (Å²) in [4.78, 5) is 5.80.